The molecule has 5 rings (SSSR count). The fraction of sp³-hybridized carbons (Fsp3) is 0.553. The maximum Gasteiger partial charge on any atom is 0.411 e. The minimum atomic E-state index is -0.791. The summed E-state index contributed by atoms with van der Waals surface area (Å²) in [5, 5.41) is 0.813. The zero-order valence-corrected chi connectivity index (χ0v) is 31.6. The summed E-state index contributed by atoms with van der Waals surface area (Å²) in [6, 6.07) is 12.1. The number of halogens is 2. The Morgan fingerprint density at radius 2 is 1.54 bits per heavy atom. The first-order chi connectivity index (χ1) is 23.6. The van der Waals surface area contributed by atoms with Crippen molar-refractivity contribution in [3.8, 4) is 0 Å². The van der Waals surface area contributed by atoms with Crippen LogP contribution in [-0.4, -0.2) is 95.5 Å². The van der Waals surface area contributed by atoms with Crippen LogP contribution in [0.4, 0.5) is 9.59 Å². The molecule has 272 valence electrons. The molecule has 2 heterocycles. The third-order valence-electron chi connectivity index (χ3n) is 8.76. The van der Waals surface area contributed by atoms with Gasteiger partial charge in [-0.05, 0) is 89.1 Å². The van der Waals surface area contributed by atoms with Crippen molar-refractivity contribution in [3.05, 3.63) is 74.8 Å². The van der Waals surface area contributed by atoms with Crippen molar-refractivity contribution >= 4 is 46.9 Å². The fourth-order valence-electron chi connectivity index (χ4n) is 6.42. The molecule has 2 bridgehead atoms. The van der Waals surface area contributed by atoms with Gasteiger partial charge in [0.05, 0.1) is 41.9 Å². The Bertz CT molecular complexity index is 1590. The van der Waals surface area contributed by atoms with E-state index in [1.807, 2.05) is 82.8 Å². The molecule has 2 aromatic rings. The summed E-state index contributed by atoms with van der Waals surface area (Å²) >= 11 is 13.0. The summed E-state index contributed by atoms with van der Waals surface area (Å²) in [6.45, 7) is 12.8. The lowest BCUT2D eigenvalue weighted by atomic mass is 9.81. The third-order valence-corrected chi connectivity index (χ3v) is 9.62. The van der Waals surface area contributed by atoms with E-state index in [1.54, 1.807) is 23.0 Å². The van der Waals surface area contributed by atoms with E-state index in [1.165, 1.54) is 0 Å². The van der Waals surface area contributed by atoms with Crippen LogP contribution in [-0.2, 0) is 36.9 Å². The SMILES string of the molecule is COCCOCc1ccc(C2=C(C(=O)N(Cc3cccc(Cl)c3Cl)C3CC3)C3CN(C(=O)OC(C)(C)C)CC(C2)N3C(=O)OC(C)(C)C)cc1. The number of benzene rings is 2. The molecule has 12 heteroatoms. The summed E-state index contributed by atoms with van der Waals surface area (Å²) in [6.07, 6.45) is 1.000. The van der Waals surface area contributed by atoms with Crippen molar-refractivity contribution in [2.75, 3.05) is 33.4 Å². The Balaban J connectivity index is 1.60. The molecule has 50 heavy (non-hydrogen) atoms. The fourth-order valence-corrected chi connectivity index (χ4v) is 6.80. The van der Waals surface area contributed by atoms with E-state index >= 15 is 4.79 Å². The first-order valence-corrected chi connectivity index (χ1v) is 17.9. The molecular formula is C38H49Cl2N3O7. The highest BCUT2D eigenvalue weighted by molar-refractivity contribution is 6.42. The molecule has 10 nitrogen and oxygen atoms in total. The lowest BCUT2D eigenvalue weighted by Crippen LogP contribution is -2.66. The largest absolute Gasteiger partial charge is 0.444 e. The van der Waals surface area contributed by atoms with Crippen molar-refractivity contribution in [1.82, 2.24) is 14.7 Å². The van der Waals surface area contributed by atoms with Gasteiger partial charge in [-0.3, -0.25) is 9.69 Å². The lowest BCUT2D eigenvalue weighted by Gasteiger charge is -2.51. The van der Waals surface area contributed by atoms with Gasteiger partial charge in [-0.1, -0.05) is 59.6 Å². The van der Waals surface area contributed by atoms with Crippen LogP contribution in [0.1, 0.15) is 77.5 Å². The van der Waals surface area contributed by atoms with Crippen molar-refractivity contribution < 1.29 is 33.3 Å². The van der Waals surface area contributed by atoms with Crippen molar-refractivity contribution in [3.63, 3.8) is 0 Å². The van der Waals surface area contributed by atoms with E-state index in [2.05, 4.69) is 0 Å². The molecule has 2 aromatic carbocycles. The minimum Gasteiger partial charge on any atom is -0.444 e. The number of carbonyl (C=O) groups is 3. The number of carbonyl (C=O) groups excluding carboxylic acids is 3. The summed E-state index contributed by atoms with van der Waals surface area (Å²) in [4.78, 5) is 47.8. The number of nitrogens with zero attached hydrogens (tertiary/aromatic N) is 3. The topological polar surface area (TPSA) is 97.9 Å². The number of hydrogen-bond donors (Lipinski definition) is 0. The Kier molecular flexibility index (Phi) is 11.8. The number of piperazine rings is 1. The van der Waals surface area contributed by atoms with Crippen LogP contribution in [0.15, 0.2) is 48.0 Å². The average molecular weight is 731 g/mol. The first-order valence-electron chi connectivity index (χ1n) is 17.2. The van der Waals surface area contributed by atoms with Crippen molar-refractivity contribution in [2.24, 2.45) is 0 Å². The Hall–Kier alpha value is -3.31. The number of hydrogen-bond acceptors (Lipinski definition) is 7. The minimum absolute atomic E-state index is 0.00354. The van der Waals surface area contributed by atoms with Gasteiger partial charge in [0.15, 0.2) is 0 Å². The molecule has 0 radical (unpaired) electrons. The number of fused-ring (bicyclic) bond motifs is 2. The van der Waals surface area contributed by atoms with E-state index in [9.17, 15) is 9.59 Å². The smallest absolute Gasteiger partial charge is 0.411 e. The van der Waals surface area contributed by atoms with Crippen LogP contribution in [0.3, 0.4) is 0 Å². The molecule has 1 saturated heterocycles. The van der Waals surface area contributed by atoms with Crippen LogP contribution in [0.25, 0.3) is 5.57 Å². The normalized spacial score (nSPS) is 19.4. The summed E-state index contributed by atoms with van der Waals surface area (Å²) in [5.41, 5.74) is 2.39. The number of methoxy groups -OCH3 is 1. The van der Waals surface area contributed by atoms with Gasteiger partial charge in [0.1, 0.15) is 11.2 Å². The molecule has 0 aromatic heterocycles. The molecule has 0 spiro atoms. The molecule has 0 N–H and O–H groups in total. The standard InChI is InChI=1S/C38H49Cl2N3O7/c1-37(2,3)49-35(45)41-21-28-19-29(25-13-11-24(12-14-25)23-48-18-17-47-7)32(31(22-41)43(28)36(46)50-38(4,5)6)34(44)42(27-15-16-27)20-26-9-8-10-30(39)33(26)40/h8-14,27-28,31H,15-23H2,1-7H3. The molecule has 2 fully saturated rings. The summed E-state index contributed by atoms with van der Waals surface area (Å²) < 4.78 is 22.5. The highest BCUT2D eigenvalue weighted by atomic mass is 35.5. The zero-order valence-electron chi connectivity index (χ0n) is 30.1. The highest BCUT2D eigenvalue weighted by Crippen LogP contribution is 2.42. The summed E-state index contributed by atoms with van der Waals surface area (Å²) in [5.74, 6) is -0.214. The van der Waals surface area contributed by atoms with Gasteiger partial charge < -0.3 is 28.7 Å². The van der Waals surface area contributed by atoms with Gasteiger partial charge in [-0.2, -0.15) is 0 Å². The zero-order chi connectivity index (χ0) is 36.4. The molecular weight excluding hydrogens is 681 g/mol. The molecule has 2 unspecified atom stereocenters. The second-order valence-corrected chi connectivity index (χ2v) is 15.9. The van der Waals surface area contributed by atoms with Crippen LogP contribution in [0.5, 0.6) is 0 Å². The monoisotopic (exact) mass is 729 g/mol. The van der Waals surface area contributed by atoms with Crippen molar-refractivity contribution in [1.29, 1.82) is 0 Å². The quantitative estimate of drug-likeness (QED) is 0.231. The lowest BCUT2D eigenvalue weighted by molar-refractivity contribution is -0.129. The van der Waals surface area contributed by atoms with Gasteiger partial charge in [0.25, 0.3) is 5.91 Å². The second kappa shape index (κ2) is 15.5. The number of ether oxygens (including phenoxy) is 4. The van der Waals surface area contributed by atoms with Crippen LogP contribution >= 0.6 is 23.2 Å². The first kappa shape index (κ1) is 37.9. The Labute approximate surface area is 305 Å². The second-order valence-electron chi connectivity index (χ2n) is 15.2. The van der Waals surface area contributed by atoms with E-state index in [-0.39, 0.29) is 31.6 Å². The van der Waals surface area contributed by atoms with Crippen LogP contribution in [0, 0.1) is 0 Å². The van der Waals surface area contributed by atoms with Crippen LogP contribution in [0.2, 0.25) is 10.0 Å². The van der Waals surface area contributed by atoms with Gasteiger partial charge >= 0.3 is 12.2 Å². The predicted molar refractivity (Wildman–Crippen MR) is 193 cm³/mol. The molecule has 2 aliphatic heterocycles. The molecule has 3 aliphatic rings. The molecule has 3 amide bonds. The average Bonchev–Trinajstić information content (AvgIpc) is 3.87. The van der Waals surface area contributed by atoms with E-state index in [0.717, 1.165) is 35.1 Å². The number of rotatable bonds is 10. The molecule has 1 saturated carbocycles. The van der Waals surface area contributed by atoms with E-state index in [4.69, 9.17) is 42.1 Å². The summed E-state index contributed by atoms with van der Waals surface area (Å²) in [7, 11) is 1.63. The van der Waals surface area contributed by atoms with E-state index in [0.29, 0.717) is 41.9 Å². The Morgan fingerprint density at radius 1 is 0.880 bits per heavy atom. The van der Waals surface area contributed by atoms with Crippen molar-refractivity contribution in [2.45, 2.75) is 103 Å². The number of amides is 3. The van der Waals surface area contributed by atoms with Gasteiger partial charge in [0.2, 0.25) is 0 Å². The van der Waals surface area contributed by atoms with E-state index < -0.39 is 35.5 Å². The Morgan fingerprint density at radius 3 is 2.16 bits per heavy atom. The van der Waals surface area contributed by atoms with Gasteiger partial charge in [-0.25, -0.2) is 9.59 Å². The van der Waals surface area contributed by atoms with Gasteiger partial charge in [0, 0.05) is 38.4 Å². The molecule has 1 aliphatic carbocycles. The van der Waals surface area contributed by atoms with Crippen LogP contribution < -0.4 is 0 Å². The molecule has 2 atom stereocenters. The highest BCUT2D eigenvalue weighted by Gasteiger charge is 2.50. The predicted octanol–water partition coefficient (Wildman–Crippen LogP) is 7.73. The third kappa shape index (κ3) is 9.32. The van der Waals surface area contributed by atoms with Gasteiger partial charge in [-0.15, -0.1) is 0 Å². The maximum atomic E-state index is 15.1. The maximum absolute atomic E-state index is 15.1.